The maximum atomic E-state index is 12.4. The molecule has 0 unspecified atom stereocenters. The topological polar surface area (TPSA) is 96.3 Å². The number of nitrogens with zero attached hydrogens (tertiary/aromatic N) is 3. The summed E-state index contributed by atoms with van der Waals surface area (Å²) in [6.45, 7) is 15.1. The number of rotatable bonds is 18. The minimum Gasteiger partial charge on any atom is -1.00 e. The molecule has 0 aromatic heterocycles. The average Bonchev–Trinajstić information content (AvgIpc) is 4.07. The van der Waals surface area contributed by atoms with E-state index in [4.69, 9.17) is 33.6 Å². The van der Waals surface area contributed by atoms with E-state index in [-0.39, 0.29) is 118 Å². The molecule has 354 valence electrons. The van der Waals surface area contributed by atoms with E-state index in [1.165, 1.54) is 12.1 Å². The first kappa shape index (κ1) is 57.5. The summed E-state index contributed by atoms with van der Waals surface area (Å²) in [5.41, 5.74) is 0.785. The van der Waals surface area contributed by atoms with Crippen LogP contribution in [0.2, 0.25) is 0 Å². The summed E-state index contributed by atoms with van der Waals surface area (Å²) in [5, 5.41) is 18.0. The molecule has 0 spiro atoms. The van der Waals surface area contributed by atoms with E-state index < -0.39 is 14.4 Å². The summed E-state index contributed by atoms with van der Waals surface area (Å²) < 4.78 is 91.0. The molecule has 4 fully saturated rings. The van der Waals surface area contributed by atoms with E-state index in [1.54, 1.807) is 36.4 Å². The van der Waals surface area contributed by atoms with Crippen molar-refractivity contribution < 1.29 is 111 Å². The molecule has 4 heterocycles. The minimum atomic E-state index is -2.45. The molecule has 4 aliphatic rings. The van der Waals surface area contributed by atoms with Crippen LogP contribution in [0.25, 0.3) is 0 Å². The van der Waals surface area contributed by atoms with Gasteiger partial charge in [-0.05, 0) is 119 Å². The molecular weight excluding hydrogens is 880 g/mol. The third-order valence-corrected chi connectivity index (χ3v) is 12.1. The summed E-state index contributed by atoms with van der Waals surface area (Å²) in [7, 11) is -4.24. The smallest absolute Gasteiger partial charge is 1.00 e. The van der Waals surface area contributed by atoms with Gasteiger partial charge in [-0.2, -0.15) is 0 Å². The first-order valence-electron chi connectivity index (χ1n) is 22.3. The molecular formula is C45H65B3F6KN3O7. The van der Waals surface area contributed by atoms with Gasteiger partial charge in [0.15, 0.2) is 0 Å². The monoisotopic (exact) mass is 945 g/mol. The Morgan fingerprint density at radius 2 is 0.908 bits per heavy atom. The van der Waals surface area contributed by atoms with Crippen molar-refractivity contribution in [3.05, 3.63) is 72.8 Å². The summed E-state index contributed by atoms with van der Waals surface area (Å²) in [6.07, 6.45) is 4.94. The Morgan fingerprint density at radius 1 is 0.585 bits per heavy atom. The molecule has 0 aliphatic carbocycles. The first-order chi connectivity index (χ1) is 30.2. The van der Waals surface area contributed by atoms with Gasteiger partial charge < -0.3 is 38.3 Å². The summed E-state index contributed by atoms with van der Waals surface area (Å²) in [6, 6.07) is 20.6. The van der Waals surface area contributed by atoms with Gasteiger partial charge in [-0.25, -0.2) is 0 Å². The van der Waals surface area contributed by atoms with E-state index in [0.717, 1.165) is 95.1 Å². The van der Waals surface area contributed by atoms with E-state index >= 15 is 0 Å². The quantitative estimate of drug-likeness (QED) is 0.124. The molecule has 0 saturated carbocycles. The van der Waals surface area contributed by atoms with Gasteiger partial charge in [0, 0.05) is 58.9 Å². The Bertz CT molecular complexity index is 1680. The van der Waals surface area contributed by atoms with E-state index in [2.05, 4.69) is 42.4 Å². The number of ether oxygens (including phenoxy) is 3. The molecule has 4 aliphatic heterocycles. The number of benzene rings is 3. The van der Waals surface area contributed by atoms with Gasteiger partial charge in [0.25, 0.3) is 0 Å². The Balaban J connectivity index is 0.000000259. The molecule has 20 heteroatoms. The van der Waals surface area contributed by atoms with Crippen LogP contribution in [0.5, 0.6) is 17.2 Å². The average molecular weight is 946 g/mol. The van der Waals surface area contributed by atoms with Gasteiger partial charge in [-0.3, -0.25) is 36.5 Å². The van der Waals surface area contributed by atoms with Gasteiger partial charge in [-0.15, -0.1) is 0 Å². The van der Waals surface area contributed by atoms with Crippen LogP contribution >= 0.6 is 0 Å². The predicted octanol–water partition coefficient (Wildman–Crippen LogP) is -0.881. The Kier molecular flexibility index (Phi) is 25.3. The molecule has 65 heavy (non-hydrogen) atoms. The zero-order chi connectivity index (χ0) is 45.4. The fourth-order valence-corrected chi connectivity index (χ4v) is 7.81. The van der Waals surface area contributed by atoms with Crippen molar-refractivity contribution >= 4 is 37.9 Å². The number of hydrogen-bond donors (Lipinski definition) is 2. The molecule has 2 N–H and O–H groups in total. The molecule has 10 nitrogen and oxygen atoms in total. The van der Waals surface area contributed by atoms with Gasteiger partial charge in [-0.1, -0.05) is 36.4 Å². The molecule has 0 amide bonds. The summed E-state index contributed by atoms with van der Waals surface area (Å²) in [5.74, 6) is 2.20. The molecule has 4 saturated heterocycles. The predicted molar refractivity (Wildman–Crippen MR) is 241 cm³/mol. The van der Waals surface area contributed by atoms with Crippen LogP contribution in [0.1, 0.15) is 66.2 Å². The van der Waals surface area contributed by atoms with Gasteiger partial charge in [0.05, 0.1) is 31.2 Å². The normalized spacial score (nSPS) is 21.3. The Labute approximate surface area is 425 Å². The van der Waals surface area contributed by atoms with Crippen molar-refractivity contribution in [1.82, 2.24) is 14.7 Å². The SMILES string of the molecule is CC1(C)OB(c2ccc(O[C@H]3CCN(CCCF)C3)cc2)OC1(C)C.FCCCN1CC[C@H](Oc2ccc(B(F)F)cc2)C1.OB(O)c1ccc(O[C@H]2CCN(CCCF)C2)cc1.[F-].[K+]. The maximum Gasteiger partial charge on any atom is 1.00 e. The number of halogens is 6. The fraction of sp³-hybridized carbons (Fsp3) is 0.600. The van der Waals surface area contributed by atoms with Crippen LogP contribution in [0, 0.1) is 0 Å². The van der Waals surface area contributed by atoms with Crippen LogP contribution in [0.4, 0.5) is 21.8 Å². The van der Waals surface area contributed by atoms with Crippen molar-refractivity contribution in [3.8, 4) is 17.2 Å². The number of alkyl halides is 3. The summed E-state index contributed by atoms with van der Waals surface area (Å²) in [4.78, 5) is 6.64. The second-order valence-electron chi connectivity index (χ2n) is 17.6. The van der Waals surface area contributed by atoms with Gasteiger partial charge in [0.1, 0.15) is 35.6 Å². The second kappa shape index (κ2) is 28.6. The van der Waals surface area contributed by atoms with Crippen LogP contribution in [-0.2, 0) is 9.31 Å². The van der Waals surface area contributed by atoms with Gasteiger partial charge in [0.2, 0.25) is 0 Å². The first-order valence-corrected chi connectivity index (χ1v) is 22.3. The van der Waals surface area contributed by atoms with Crippen LogP contribution < -0.4 is 86.7 Å². The van der Waals surface area contributed by atoms with Crippen LogP contribution in [0.15, 0.2) is 72.8 Å². The van der Waals surface area contributed by atoms with Crippen molar-refractivity contribution in [3.63, 3.8) is 0 Å². The van der Waals surface area contributed by atoms with Crippen molar-refractivity contribution in [2.24, 2.45) is 0 Å². The fourth-order valence-electron chi connectivity index (χ4n) is 7.81. The molecule has 7 rings (SSSR count). The largest absolute Gasteiger partial charge is 1.00 e. The summed E-state index contributed by atoms with van der Waals surface area (Å²) >= 11 is 0. The number of hydrogen-bond acceptors (Lipinski definition) is 10. The number of likely N-dealkylation sites (tertiary alicyclic amines) is 3. The zero-order valence-corrected chi connectivity index (χ0v) is 41.8. The maximum absolute atomic E-state index is 12.4. The molecule has 3 aromatic rings. The standard InChI is InChI=1S/C19H29BFNO3.C13H17BF3NO.C13H19BFNO3.FH.K/c1-18(2)19(3,4)25-20(24-18)15-6-8-16(9-7-15)23-17-10-13-22(14-17)12-5-11-21;15-7-1-8-18-9-6-13(10-18)19-12-4-2-11(3-5-12)14(16)17;15-7-1-8-16-9-6-13(10-16)19-12-4-2-11(3-5-12)14(17)18;;/h6-9,17H,5,10-14H2,1-4H3;2-5,13H,1,6-10H2;2-5,13,17-18H,1,6-10H2;1H;/q;;;;+1/p-1/t17-;2*13-;;/m000../s1. The van der Waals surface area contributed by atoms with Crippen molar-refractivity contribution in [2.45, 2.75) is 95.7 Å². The van der Waals surface area contributed by atoms with Gasteiger partial charge >= 0.3 is 72.9 Å². The van der Waals surface area contributed by atoms with E-state index in [1.807, 2.05) is 24.3 Å². The zero-order valence-electron chi connectivity index (χ0n) is 38.7. The molecule has 0 bridgehead atoms. The van der Waals surface area contributed by atoms with E-state index in [9.17, 15) is 21.8 Å². The van der Waals surface area contributed by atoms with Crippen LogP contribution in [-0.4, -0.2) is 155 Å². The second-order valence-corrected chi connectivity index (χ2v) is 17.6. The van der Waals surface area contributed by atoms with Crippen molar-refractivity contribution in [1.29, 1.82) is 0 Å². The third kappa shape index (κ3) is 18.6. The minimum absolute atomic E-state index is 0. The van der Waals surface area contributed by atoms with E-state index in [0.29, 0.717) is 30.5 Å². The Morgan fingerprint density at radius 3 is 1.22 bits per heavy atom. The van der Waals surface area contributed by atoms with Crippen LogP contribution in [0.3, 0.4) is 0 Å². The van der Waals surface area contributed by atoms with Crippen molar-refractivity contribution in [2.75, 3.05) is 78.9 Å². The molecule has 0 radical (unpaired) electrons. The molecule has 3 atom stereocenters. The Hall–Kier alpha value is -1.81. The third-order valence-electron chi connectivity index (χ3n) is 12.1. The molecule has 3 aromatic carbocycles.